The summed E-state index contributed by atoms with van der Waals surface area (Å²) in [5.74, 6) is -0.414. The van der Waals surface area contributed by atoms with Crippen LogP contribution in [0.15, 0.2) is 52.3 Å². The summed E-state index contributed by atoms with van der Waals surface area (Å²) in [6, 6.07) is 9.08. The summed E-state index contributed by atoms with van der Waals surface area (Å²) >= 11 is 5.88. The van der Waals surface area contributed by atoms with E-state index in [1.54, 1.807) is 6.07 Å². The molecule has 0 aliphatic heterocycles. The lowest BCUT2D eigenvalue weighted by Gasteiger charge is -2.14. The first-order valence-corrected chi connectivity index (χ1v) is 9.89. The predicted molar refractivity (Wildman–Crippen MR) is 91.2 cm³/mol. The first-order valence-electron chi connectivity index (χ1n) is 6.58. The Morgan fingerprint density at radius 1 is 1.04 bits per heavy atom. The monoisotopic (exact) mass is 390 g/mol. The molecule has 0 saturated carbocycles. The summed E-state index contributed by atoms with van der Waals surface area (Å²) in [5.41, 5.74) is -0.266. The van der Waals surface area contributed by atoms with Gasteiger partial charge >= 0.3 is 0 Å². The van der Waals surface area contributed by atoms with E-state index in [-0.39, 0.29) is 20.5 Å². The van der Waals surface area contributed by atoms with Gasteiger partial charge in [-0.25, -0.2) is 21.1 Å². The fourth-order valence-electron chi connectivity index (χ4n) is 1.83. The van der Waals surface area contributed by atoms with E-state index in [2.05, 4.69) is 4.72 Å². The Labute approximate surface area is 145 Å². The van der Waals surface area contributed by atoms with Crippen molar-refractivity contribution in [3.05, 3.63) is 47.5 Å². The standard InChI is InChI=1S/C14H15ClN2O5S2/c1-17(2)24(21,22)10-7-8-13(18)12(9-10)16-23(19,20)14-6-4-3-5-11(14)15/h3-9,16,18H,1-2H3. The molecule has 2 aromatic rings. The van der Waals surface area contributed by atoms with Crippen molar-refractivity contribution in [2.45, 2.75) is 9.79 Å². The zero-order valence-corrected chi connectivity index (χ0v) is 15.2. The maximum atomic E-state index is 12.4. The molecule has 2 aromatic carbocycles. The second-order valence-electron chi connectivity index (χ2n) is 5.00. The van der Waals surface area contributed by atoms with Crippen LogP contribution in [0, 0.1) is 0 Å². The highest BCUT2D eigenvalue weighted by Gasteiger charge is 2.22. The van der Waals surface area contributed by atoms with Crippen molar-refractivity contribution in [3.8, 4) is 5.75 Å². The fourth-order valence-corrected chi connectivity index (χ4v) is 4.34. The van der Waals surface area contributed by atoms with Crippen molar-refractivity contribution in [2.24, 2.45) is 0 Å². The van der Waals surface area contributed by atoms with Gasteiger partial charge in [0.1, 0.15) is 10.6 Å². The Morgan fingerprint density at radius 3 is 2.25 bits per heavy atom. The minimum absolute atomic E-state index is 0.00144. The molecule has 0 aliphatic rings. The van der Waals surface area contributed by atoms with E-state index in [4.69, 9.17) is 11.6 Å². The summed E-state index contributed by atoms with van der Waals surface area (Å²) < 4.78 is 52.2. The Kier molecular flexibility index (Phi) is 5.09. The molecule has 0 bridgehead atoms. The van der Waals surface area contributed by atoms with E-state index in [1.165, 1.54) is 38.4 Å². The topological polar surface area (TPSA) is 104 Å². The van der Waals surface area contributed by atoms with Crippen LogP contribution >= 0.6 is 11.6 Å². The van der Waals surface area contributed by atoms with Gasteiger partial charge in [-0.3, -0.25) is 4.72 Å². The molecule has 2 N–H and O–H groups in total. The number of aromatic hydroxyl groups is 1. The Morgan fingerprint density at radius 2 is 1.67 bits per heavy atom. The molecule has 0 saturated heterocycles. The van der Waals surface area contributed by atoms with Crippen molar-refractivity contribution in [3.63, 3.8) is 0 Å². The molecule has 0 atom stereocenters. The first kappa shape index (κ1) is 18.5. The third kappa shape index (κ3) is 3.64. The van der Waals surface area contributed by atoms with Gasteiger partial charge in [0.2, 0.25) is 10.0 Å². The van der Waals surface area contributed by atoms with E-state index in [0.717, 1.165) is 16.4 Å². The average molecular weight is 391 g/mol. The van der Waals surface area contributed by atoms with Crippen LogP contribution in [-0.2, 0) is 20.0 Å². The van der Waals surface area contributed by atoms with Crippen molar-refractivity contribution in [1.82, 2.24) is 4.31 Å². The highest BCUT2D eigenvalue weighted by atomic mass is 35.5. The van der Waals surface area contributed by atoms with Crippen LogP contribution in [0.4, 0.5) is 5.69 Å². The number of sulfonamides is 2. The van der Waals surface area contributed by atoms with Crippen molar-refractivity contribution < 1.29 is 21.9 Å². The molecule has 0 aliphatic carbocycles. The van der Waals surface area contributed by atoms with E-state index < -0.39 is 25.8 Å². The molecular weight excluding hydrogens is 376 g/mol. The van der Waals surface area contributed by atoms with Crippen LogP contribution in [0.25, 0.3) is 0 Å². The summed E-state index contributed by atoms with van der Waals surface area (Å²) in [7, 11) is -5.20. The van der Waals surface area contributed by atoms with E-state index in [0.29, 0.717) is 0 Å². The largest absolute Gasteiger partial charge is 0.506 e. The van der Waals surface area contributed by atoms with Crippen LogP contribution in [0.5, 0.6) is 5.75 Å². The van der Waals surface area contributed by atoms with Gasteiger partial charge in [-0.1, -0.05) is 23.7 Å². The van der Waals surface area contributed by atoms with Gasteiger partial charge in [0.05, 0.1) is 15.6 Å². The Bertz CT molecular complexity index is 972. The molecule has 0 spiro atoms. The van der Waals surface area contributed by atoms with Crippen molar-refractivity contribution >= 4 is 37.3 Å². The molecule has 10 heteroatoms. The number of benzene rings is 2. The second-order valence-corrected chi connectivity index (χ2v) is 9.21. The Balaban J connectivity index is 2.49. The number of anilines is 1. The van der Waals surface area contributed by atoms with Crippen molar-refractivity contribution in [2.75, 3.05) is 18.8 Å². The van der Waals surface area contributed by atoms with E-state index >= 15 is 0 Å². The number of nitrogens with one attached hydrogen (secondary N) is 1. The van der Waals surface area contributed by atoms with Gasteiger partial charge in [0.15, 0.2) is 0 Å². The second kappa shape index (κ2) is 6.60. The lowest BCUT2D eigenvalue weighted by Crippen LogP contribution is -2.22. The zero-order valence-electron chi connectivity index (χ0n) is 12.8. The molecule has 0 heterocycles. The maximum absolute atomic E-state index is 12.4. The number of phenols is 1. The highest BCUT2D eigenvalue weighted by molar-refractivity contribution is 7.93. The number of hydrogen-bond acceptors (Lipinski definition) is 5. The molecule has 24 heavy (non-hydrogen) atoms. The molecule has 0 radical (unpaired) electrons. The predicted octanol–water partition coefficient (Wildman–Crippen LogP) is 2.10. The van der Waals surface area contributed by atoms with Crippen LogP contribution in [0.3, 0.4) is 0 Å². The van der Waals surface area contributed by atoms with Gasteiger partial charge in [0, 0.05) is 14.1 Å². The summed E-state index contributed by atoms with van der Waals surface area (Å²) in [5, 5.41) is 9.85. The van der Waals surface area contributed by atoms with Crippen LogP contribution < -0.4 is 4.72 Å². The Hall–Kier alpha value is -1.81. The molecule has 0 aromatic heterocycles. The summed E-state index contributed by atoms with van der Waals surface area (Å²) in [4.78, 5) is -0.353. The molecule has 0 amide bonds. The van der Waals surface area contributed by atoms with Gasteiger partial charge < -0.3 is 5.11 Å². The third-order valence-corrected chi connectivity index (χ3v) is 6.79. The van der Waals surface area contributed by atoms with Gasteiger partial charge in [0.25, 0.3) is 10.0 Å². The SMILES string of the molecule is CN(C)S(=O)(=O)c1ccc(O)c(NS(=O)(=O)c2ccccc2Cl)c1. The minimum atomic E-state index is -4.10. The van der Waals surface area contributed by atoms with Gasteiger partial charge in [-0.2, -0.15) is 0 Å². The van der Waals surface area contributed by atoms with Gasteiger partial charge in [-0.15, -0.1) is 0 Å². The number of phenolic OH excluding ortho intramolecular Hbond substituents is 1. The van der Waals surface area contributed by atoms with Crippen LogP contribution in [0.2, 0.25) is 5.02 Å². The smallest absolute Gasteiger partial charge is 0.263 e. The number of nitrogens with zero attached hydrogens (tertiary/aromatic N) is 1. The molecule has 7 nitrogen and oxygen atoms in total. The normalized spacial score (nSPS) is 12.3. The number of halogens is 1. The lowest BCUT2D eigenvalue weighted by molar-refractivity contribution is 0.477. The molecule has 2 rings (SSSR count). The van der Waals surface area contributed by atoms with E-state index in [9.17, 15) is 21.9 Å². The molecule has 0 unspecified atom stereocenters. The number of hydrogen-bond donors (Lipinski definition) is 2. The third-order valence-electron chi connectivity index (χ3n) is 3.12. The quantitative estimate of drug-likeness (QED) is 0.761. The lowest BCUT2D eigenvalue weighted by atomic mass is 10.3. The van der Waals surface area contributed by atoms with Gasteiger partial charge in [-0.05, 0) is 30.3 Å². The summed E-state index contributed by atoms with van der Waals surface area (Å²) in [6.07, 6.45) is 0. The van der Waals surface area contributed by atoms with Crippen LogP contribution in [-0.4, -0.2) is 40.3 Å². The number of rotatable bonds is 5. The molecule has 0 fully saturated rings. The first-order chi connectivity index (χ1) is 11.1. The minimum Gasteiger partial charge on any atom is -0.506 e. The van der Waals surface area contributed by atoms with Crippen LogP contribution in [0.1, 0.15) is 0 Å². The summed E-state index contributed by atoms with van der Waals surface area (Å²) in [6.45, 7) is 0. The van der Waals surface area contributed by atoms with E-state index in [1.807, 2.05) is 0 Å². The fraction of sp³-hybridized carbons (Fsp3) is 0.143. The highest BCUT2D eigenvalue weighted by Crippen LogP contribution is 2.30. The maximum Gasteiger partial charge on any atom is 0.263 e. The molecule has 130 valence electrons. The van der Waals surface area contributed by atoms with Crippen molar-refractivity contribution in [1.29, 1.82) is 0 Å². The zero-order chi connectivity index (χ0) is 18.1. The average Bonchev–Trinajstić information content (AvgIpc) is 2.49. The molecular formula is C14H15ClN2O5S2.